The molecular formula is C17H27N3O3Si. The molecule has 0 N–H and O–H groups in total. The smallest absolute Gasteiger partial charge is 0.248 e. The zero-order valence-electron chi connectivity index (χ0n) is 14.7. The molecule has 0 bridgehead atoms. The van der Waals surface area contributed by atoms with Gasteiger partial charge in [0.2, 0.25) is 0 Å². The third kappa shape index (κ3) is 4.80. The summed E-state index contributed by atoms with van der Waals surface area (Å²) in [6.45, 7) is 11.6. The quantitative estimate of drug-likeness (QED) is 0.450. The third-order valence-corrected chi connectivity index (χ3v) is 5.47. The highest BCUT2D eigenvalue weighted by molar-refractivity contribution is 6.36. The number of allylic oxidation sites excluding steroid dienone is 2. The van der Waals surface area contributed by atoms with Crippen molar-refractivity contribution in [1.82, 2.24) is 13.7 Å². The van der Waals surface area contributed by atoms with E-state index in [1.165, 1.54) is 16.7 Å². The summed E-state index contributed by atoms with van der Waals surface area (Å²) in [6.07, 6.45) is 7.68. The molecule has 0 saturated heterocycles. The van der Waals surface area contributed by atoms with Crippen LogP contribution in [0.2, 0.25) is 5.54 Å². The fourth-order valence-corrected chi connectivity index (χ4v) is 4.35. The van der Waals surface area contributed by atoms with Crippen LogP contribution in [0.25, 0.3) is 0 Å². The fourth-order valence-electron chi connectivity index (χ4n) is 2.65. The van der Waals surface area contributed by atoms with Gasteiger partial charge >= 0.3 is 17.1 Å². The zero-order valence-corrected chi connectivity index (χ0v) is 15.7. The largest absolute Gasteiger partial charge is 0.336 e. The van der Waals surface area contributed by atoms with Crippen molar-refractivity contribution >= 4 is 9.52 Å². The minimum atomic E-state index is -0.608. The fraction of sp³-hybridized carbons (Fsp3) is 0.588. The van der Waals surface area contributed by atoms with Crippen molar-refractivity contribution in [2.75, 3.05) is 0 Å². The molecule has 1 heterocycles. The Morgan fingerprint density at radius 2 is 1.29 bits per heavy atom. The molecule has 132 valence electrons. The van der Waals surface area contributed by atoms with Gasteiger partial charge in [0.25, 0.3) is 0 Å². The third-order valence-electron chi connectivity index (χ3n) is 3.82. The van der Waals surface area contributed by atoms with Gasteiger partial charge in [0.15, 0.2) is 0 Å². The first-order chi connectivity index (χ1) is 11.5. The summed E-state index contributed by atoms with van der Waals surface area (Å²) in [7, 11) is 0.483. The molecule has 0 spiro atoms. The monoisotopic (exact) mass is 349 g/mol. The van der Waals surface area contributed by atoms with E-state index in [1.807, 2.05) is 0 Å². The molecule has 0 atom stereocenters. The van der Waals surface area contributed by atoms with E-state index in [9.17, 15) is 14.4 Å². The number of rotatable bonds is 11. The van der Waals surface area contributed by atoms with Crippen LogP contribution in [-0.4, -0.2) is 23.2 Å². The highest BCUT2D eigenvalue weighted by atomic mass is 28.2. The molecule has 1 aromatic heterocycles. The van der Waals surface area contributed by atoms with Crippen molar-refractivity contribution in [3.05, 3.63) is 56.8 Å². The van der Waals surface area contributed by atoms with Crippen LogP contribution in [-0.2, 0) is 19.3 Å². The van der Waals surface area contributed by atoms with Crippen LogP contribution in [0.15, 0.2) is 39.7 Å². The summed E-state index contributed by atoms with van der Waals surface area (Å²) >= 11 is 0. The minimum absolute atomic E-state index is 0.0888. The van der Waals surface area contributed by atoms with Crippen LogP contribution in [0.5, 0.6) is 0 Å². The predicted octanol–water partition coefficient (Wildman–Crippen LogP) is 1.59. The Labute approximate surface area is 145 Å². The van der Waals surface area contributed by atoms with Crippen molar-refractivity contribution in [2.24, 2.45) is 0 Å². The van der Waals surface area contributed by atoms with Crippen LogP contribution < -0.4 is 17.1 Å². The summed E-state index contributed by atoms with van der Waals surface area (Å²) in [5.74, 6) is 0. The maximum Gasteiger partial charge on any atom is 0.336 e. The van der Waals surface area contributed by atoms with E-state index in [0.717, 1.165) is 34.8 Å². The van der Waals surface area contributed by atoms with E-state index in [0.29, 0.717) is 21.2 Å². The lowest BCUT2D eigenvalue weighted by molar-refractivity contribution is 0.507. The first-order valence-electron chi connectivity index (χ1n) is 8.41. The number of hydrogen-bond donors (Lipinski definition) is 0. The zero-order chi connectivity index (χ0) is 18.1. The van der Waals surface area contributed by atoms with Crippen LogP contribution in [0.1, 0.15) is 39.5 Å². The molecule has 7 heteroatoms. The van der Waals surface area contributed by atoms with Crippen molar-refractivity contribution in [3.8, 4) is 0 Å². The summed E-state index contributed by atoms with van der Waals surface area (Å²) in [5, 5.41) is 0. The van der Waals surface area contributed by atoms with Gasteiger partial charge in [-0.25, -0.2) is 28.1 Å². The molecule has 0 saturated carbocycles. The summed E-state index contributed by atoms with van der Waals surface area (Å²) in [4.78, 5) is 37.4. The lowest BCUT2D eigenvalue weighted by Gasteiger charge is -2.16. The first kappa shape index (κ1) is 20.2. The molecule has 24 heavy (non-hydrogen) atoms. The van der Waals surface area contributed by atoms with Gasteiger partial charge in [-0.3, -0.25) is 0 Å². The lowest BCUT2D eigenvalue weighted by atomic mass is 10.1. The van der Waals surface area contributed by atoms with Gasteiger partial charge < -0.3 is 0 Å². The number of hydrogen-bond acceptors (Lipinski definition) is 3. The maximum absolute atomic E-state index is 12.5. The Hall–Kier alpha value is -1.89. The standard InChI is InChI=1S/C17H27N3O3Si/c1-5-9-14(10-6-2)24-13-20-16(22)18(11-7-3)15(21)19(12-8-4)17(20)23/h7-8,14H,3-6,9-13H2,1-2H3. The number of aromatic nitrogens is 3. The van der Waals surface area contributed by atoms with Crippen LogP contribution >= 0.6 is 0 Å². The highest BCUT2D eigenvalue weighted by Gasteiger charge is 2.16. The molecule has 0 aliphatic rings. The second-order valence-corrected chi connectivity index (χ2v) is 7.25. The molecule has 0 fully saturated rings. The van der Waals surface area contributed by atoms with Gasteiger partial charge in [0.05, 0.1) is 22.6 Å². The maximum atomic E-state index is 12.5. The lowest BCUT2D eigenvalue weighted by Crippen LogP contribution is -2.54. The van der Waals surface area contributed by atoms with Gasteiger partial charge in [0.1, 0.15) is 0 Å². The molecule has 0 amide bonds. The summed E-state index contributed by atoms with van der Waals surface area (Å²) < 4.78 is 3.29. The van der Waals surface area contributed by atoms with Crippen LogP contribution in [0.3, 0.4) is 0 Å². The topological polar surface area (TPSA) is 66.0 Å². The first-order valence-corrected chi connectivity index (χ1v) is 9.69. The molecule has 0 aliphatic carbocycles. The molecular weight excluding hydrogens is 322 g/mol. The Bertz CT molecular complexity index is 676. The van der Waals surface area contributed by atoms with Crippen molar-refractivity contribution < 1.29 is 0 Å². The predicted molar refractivity (Wildman–Crippen MR) is 98.9 cm³/mol. The average Bonchev–Trinajstić information content (AvgIpc) is 2.55. The van der Waals surface area contributed by atoms with E-state index in [2.05, 4.69) is 27.0 Å². The molecule has 0 unspecified atom stereocenters. The Morgan fingerprint density at radius 3 is 1.67 bits per heavy atom. The van der Waals surface area contributed by atoms with Gasteiger partial charge in [0, 0.05) is 6.17 Å². The normalized spacial score (nSPS) is 11.0. The van der Waals surface area contributed by atoms with Crippen molar-refractivity contribution in [2.45, 2.75) is 64.3 Å². The van der Waals surface area contributed by atoms with E-state index in [-0.39, 0.29) is 13.1 Å². The Morgan fingerprint density at radius 1 is 0.875 bits per heavy atom. The molecule has 6 nitrogen and oxygen atoms in total. The van der Waals surface area contributed by atoms with Crippen molar-refractivity contribution in [3.63, 3.8) is 0 Å². The minimum Gasteiger partial charge on any atom is -0.248 e. The Balaban J connectivity index is 3.28. The van der Waals surface area contributed by atoms with Gasteiger partial charge in [-0.15, -0.1) is 13.2 Å². The van der Waals surface area contributed by atoms with Gasteiger partial charge in [-0.05, 0) is 5.54 Å². The number of nitrogens with zero attached hydrogens (tertiary/aromatic N) is 3. The SMILES string of the molecule is C=CCn1c(=O)n(CC=C)c(=O)n(C[Si]C(CCC)CCC)c1=O. The second kappa shape index (κ2) is 10.1. The molecule has 1 rings (SSSR count). The van der Waals surface area contributed by atoms with E-state index in [4.69, 9.17) is 0 Å². The van der Waals surface area contributed by atoms with Crippen molar-refractivity contribution in [1.29, 1.82) is 0 Å². The molecule has 0 aromatic carbocycles. The second-order valence-electron chi connectivity index (χ2n) is 5.71. The van der Waals surface area contributed by atoms with E-state index in [1.54, 1.807) is 0 Å². The van der Waals surface area contributed by atoms with E-state index >= 15 is 0 Å². The molecule has 1 aromatic rings. The highest BCUT2D eigenvalue weighted by Crippen LogP contribution is 2.18. The summed E-state index contributed by atoms with van der Waals surface area (Å²) in [5.41, 5.74) is -1.20. The van der Waals surface area contributed by atoms with Crippen LogP contribution in [0, 0.1) is 0 Å². The Kier molecular flexibility index (Phi) is 8.46. The van der Waals surface area contributed by atoms with Crippen LogP contribution in [0.4, 0.5) is 0 Å². The molecule has 2 radical (unpaired) electrons. The van der Waals surface area contributed by atoms with E-state index < -0.39 is 17.1 Å². The van der Waals surface area contributed by atoms with Gasteiger partial charge in [-0.2, -0.15) is 0 Å². The average molecular weight is 350 g/mol. The summed E-state index contributed by atoms with van der Waals surface area (Å²) in [6, 6.07) is 0. The molecule has 0 aliphatic heterocycles. The van der Waals surface area contributed by atoms with Gasteiger partial charge in [-0.1, -0.05) is 51.7 Å².